The van der Waals surface area contributed by atoms with Crippen LogP contribution in [0.1, 0.15) is 17.8 Å². The highest BCUT2D eigenvalue weighted by Gasteiger charge is 2.34. The first-order chi connectivity index (χ1) is 12.8. The van der Waals surface area contributed by atoms with Crippen molar-refractivity contribution in [1.82, 2.24) is 19.3 Å². The number of ether oxygens (including phenoxy) is 1. The summed E-state index contributed by atoms with van der Waals surface area (Å²) in [5.41, 5.74) is 2.25. The third-order valence-electron chi connectivity index (χ3n) is 4.37. The summed E-state index contributed by atoms with van der Waals surface area (Å²) >= 11 is 0. The van der Waals surface area contributed by atoms with Gasteiger partial charge in [-0.2, -0.15) is 4.31 Å². The lowest BCUT2D eigenvalue weighted by Gasteiger charge is -2.17. The van der Waals surface area contributed by atoms with Crippen LogP contribution < -0.4 is 10.5 Å². The number of aryl methyl sites for hydroxylation is 2. The molecule has 1 aliphatic rings. The number of benzene rings is 1. The van der Waals surface area contributed by atoms with E-state index in [2.05, 4.69) is 15.0 Å². The second kappa shape index (κ2) is 6.46. The summed E-state index contributed by atoms with van der Waals surface area (Å²) in [5, 5.41) is 0. The minimum Gasteiger partial charge on any atom is -0.459 e. The number of H-pyrrole nitrogens is 1. The molecular formula is C17H18N4O5S. The Morgan fingerprint density at radius 3 is 2.70 bits per heavy atom. The Kier molecular flexibility index (Phi) is 4.23. The maximum absolute atomic E-state index is 12.9. The van der Waals surface area contributed by atoms with E-state index in [1.807, 2.05) is 19.9 Å². The molecule has 0 radical (unpaired) electrons. The van der Waals surface area contributed by atoms with Crippen molar-refractivity contribution in [1.29, 1.82) is 0 Å². The van der Waals surface area contributed by atoms with Crippen LogP contribution in [-0.2, 0) is 10.0 Å². The normalized spacial score (nSPS) is 18.2. The Hall–Kier alpha value is -2.72. The first kappa shape index (κ1) is 17.7. The average molecular weight is 390 g/mol. The lowest BCUT2D eigenvalue weighted by Crippen LogP contribution is -2.31. The Labute approximate surface area is 155 Å². The molecule has 1 atom stereocenters. The Balaban J connectivity index is 1.53. The van der Waals surface area contributed by atoms with Gasteiger partial charge < -0.3 is 9.15 Å². The van der Waals surface area contributed by atoms with Crippen molar-refractivity contribution < 1.29 is 17.6 Å². The van der Waals surface area contributed by atoms with E-state index in [1.54, 1.807) is 0 Å². The van der Waals surface area contributed by atoms with Gasteiger partial charge in [0.1, 0.15) is 6.10 Å². The molecule has 2 aromatic heterocycles. The summed E-state index contributed by atoms with van der Waals surface area (Å²) in [6.45, 7) is 4.24. The second-order valence-electron chi connectivity index (χ2n) is 6.50. The Bertz CT molecular complexity index is 1150. The number of fused-ring (bicyclic) bond motifs is 1. The Morgan fingerprint density at radius 2 is 1.96 bits per heavy atom. The van der Waals surface area contributed by atoms with E-state index in [-0.39, 0.29) is 23.6 Å². The maximum atomic E-state index is 12.9. The molecule has 10 heteroatoms. The molecule has 0 spiro atoms. The van der Waals surface area contributed by atoms with Gasteiger partial charge in [0.2, 0.25) is 10.0 Å². The molecule has 1 saturated heterocycles. The predicted octanol–water partition coefficient (Wildman–Crippen LogP) is 1.37. The van der Waals surface area contributed by atoms with Gasteiger partial charge in [0, 0.05) is 17.9 Å². The van der Waals surface area contributed by atoms with Gasteiger partial charge in [0.25, 0.3) is 0 Å². The van der Waals surface area contributed by atoms with Crippen molar-refractivity contribution in [2.75, 3.05) is 13.1 Å². The van der Waals surface area contributed by atoms with E-state index in [4.69, 9.17) is 9.15 Å². The van der Waals surface area contributed by atoms with E-state index in [0.717, 1.165) is 11.4 Å². The van der Waals surface area contributed by atoms with E-state index in [1.165, 1.54) is 22.5 Å². The van der Waals surface area contributed by atoms with Crippen LogP contribution in [-0.4, -0.2) is 46.9 Å². The minimum absolute atomic E-state index is 0.0929. The van der Waals surface area contributed by atoms with Crippen LogP contribution in [0.25, 0.3) is 11.1 Å². The number of rotatable bonds is 4. The fraction of sp³-hybridized carbons (Fsp3) is 0.353. The van der Waals surface area contributed by atoms with Crippen LogP contribution in [0.5, 0.6) is 6.01 Å². The smallest absolute Gasteiger partial charge is 0.417 e. The van der Waals surface area contributed by atoms with Crippen molar-refractivity contribution in [3.05, 3.63) is 46.2 Å². The van der Waals surface area contributed by atoms with E-state index >= 15 is 0 Å². The zero-order chi connectivity index (χ0) is 19.2. The molecule has 0 saturated carbocycles. The molecule has 0 amide bonds. The van der Waals surface area contributed by atoms with E-state index < -0.39 is 15.8 Å². The van der Waals surface area contributed by atoms with E-state index in [9.17, 15) is 13.2 Å². The van der Waals surface area contributed by atoms with Gasteiger partial charge >= 0.3 is 11.8 Å². The third kappa shape index (κ3) is 3.45. The molecule has 3 heterocycles. The molecule has 1 aliphatic heterocycles. The number of aromatic nitrogens is 3. The summed E-state index contributed by atoms with van der Waals surface area (Å²) in [7, 11) is -3.71. The van der Waals surface area contributed by atoms with Gasteiger partial charge in [0.15, 0.2) is 5.58 Å². The minimum atomic E-state index is -3.71. The average Bonchev–Trinajstić information content (AvgIpc) is 3.18. The first-order valence-corrected chi connectivity index (χ1v) is 9.87. The first-order valence-electron chi connectivity index (χ1n) is 8.43. The number of hydrogen-bond donors (Lipinski definition) is 1. The number of aromatic amines is 1. The van der Waals surface area contributed by atoms with Crippen molar-refractivity contribution in [2.45, 2.75) is 31.3 Å². The van der Waals surface area contributed by atoms with Crippen LogP contribution in [0.2, 0.25) is 0 Å². The van der Waals surface area contributed by atoms with Crippen LogP contribution in [0.15, 0.2) is 38.4 Å². The van der Waals surface area contributed by atoms with Crippen LogP contribution in [0.3, 0.4) is 0 Å². The highest BCUT2D eigenvalue weighted by Crippen LogP contribution is 2.25. The van der Waals surface area contributed by atoms with Gasteiger partial charge in [-0.25, -0.2) is 23.2 Å². The fourth-order valence-electron chi connectivity index (χ4n) is 3.15. The predicted molar refractivity (Wildman–Crippen MR) is 96.1 cm³/mol. The van der Waals surface area contributed by atoms with Crippen LogP contribution in [0.4, 0.5) is 0 Å². The van der Waals surface area contributed by atoms with Gasteiger partial charge in [-0.1, -0.05) is 0 Å². The number of hydrogen-bond acceptors (Lipinski definition) is 7. The summed E-state index contributed by atoms with van der Waals surface area (Å²) in [5.74, 6) is -0.623. The van der Waals surface area contributed by atoms with E-state index in [0.29, 0.717) is 24.1 Å². The zero-order valence-electron chi connectivity index (χ0n) is 14.8. The van der Waals surface area contributed by atoms with Gasteiger partial charge in [0.05, 0.1) is 17.0 Å². The molecule has 0 aliphatic carbocycles. The molecule has 0 unspecified atom stereocenters. The van der Waals surface area contributed by atoms with Gasteiger partial charge in [-0.05, 0) is 44.5 Å². The van der Waals surface area contributed by atoms with Crippen molar-refractivity contribution in [3.63, 3.8) is 0 Å². The highest BCUT2D eigenvalue weighted by atomic mass is 32.2. The molecule has 27 heavy (non-hydrogen) atoms. The Morgan fingerprint density at radius 1 is 1.22 bits per heavy atom. The monoisotopic (exact) mass is 390 g/mol. The second-order valence-corrected chi connectivity index (χ2v) is 8.44. The highest BCUT2D eigenvalue weighted by molar-refractivity contribution is 7.89. The van der Waals surface area contributed by atoms with Crippen molar-refractivity contribution in [3.8, 4) is 6.01 Å². The molecule has 0 bridgehead atoms. The zero-order valence-corrected chi connectivity index (χ0v) is 15.6. The van der Waals surface area contributed by atoms with Crippen LogP contribution in [0, 0.1) is 13.8 Å². The molecule has 1 N–H and O–H groups in total. The fourth-order valence-corrected chi connectivity index (χ4v) is 4.66. The lowest BCUT2D eigenvalue weighted by atomic mass is 10.3. The summed E-state index contributed by atoms with van der Waals surface area (Å²) in [6, 6.07) is 6.39. The van der Waals surface area contributed by atoms with Gasteiger partial charge in [-0.15, -0.1) is 0 Å². The molecule has 1 fully saturated rings. The summed E-state index contributed by atoms with van der Waals surface area (Å²) in [6.07, 6.45) is 0.221. The lowest BCUT2D eigenvalue weighted by molar-refractivity contribution is 0.197. The molecule has 9 nitrogen and oxygen atoms in total. The topological polar surface area (TPSA) is 118 Å². The number of nitrogens with zero attached hydrogens (tertiary/aromatic N) is 3. The maximum Gasteiger partial charge on any atom is 0.417 e. The number of oxazole rings is 1. The number of sulfonamides is 1. The molecule has 4 rings (SSSR count). The molecule has 142 valence electrons. The van der Waals surface area contributed by atoms with Crippen molar-refractivity contribution in [2.24, 2.45) is 0 Å². The number of nitrogens with one attached hydrogen (secondary N) is 1. The van der Waals surface area contributed by atoms with Crippen molar-refractivity contribution >= 4 is 21.1 Å². The molecule has 1 aromatic carbocycles. The summed E-state index contributed by atoms with van der Waals surface area (Å²) < 4.78 is 37.9. The van der Waals surface area contributed by atoms with Gasteiger partial charge in [-0.3, -0.25) is 4.98 Å². The summed E-state index contributed by atoms with van der Waals surface area (Å²) in [4.78, 5) is 22.3. The largest absolute Gasteiger partial charge is 0.459 e. The molecule has 3 aromatic rings. The molecular weight excluding hydrogens is 372 g/mol. The standard InChI is InChI=1S/C17H18N4O5S/c1-10-7-11(2)19-16(18-10)25-12-5-6-21(9-12)27(23,24)13-3-4-15-14(8-13)20-17(22)26-15/h3-4,7-8,12H,5-6,9H2,1-2H3,(H,20,22)/t12-/m0/s1. The third-order valence-corrected chi connectivity index (χ3v) is 6.23. The van der Waals surface area contributed by atoms with Crippen LogP contribution >= 0.6 is 0 Å². The quantitative estimate of drug-likeness (QED) is 0.715. The SMILES string of the molecule is Cc1cc(C)nc(O[C@H]2CCN(S(=O)(=O)c3ccc4oc(=O)[nH]c4c3)C2)n1.